The maximum absolute atomic E-state index is 5.80. The zero-order valence-electron chi connectivity index (χ0n) is 11.6. The van der Waals surface area contributed by atoms with Crippen LogP contribution in [0.25, 0.3) is 0 Å². The van der Waals surface area contributed by atoms with E-state index in [1.807, 2.05) is 0 Å². The summed E-state index contributed by atoms with van der Waals surface area (Å²) in [4.78, 5) is 0. The molecule has 2 rings (SSSR count). The number of hydrogen-bond acceptors (Lipinski definition) is 3. The van der Waals surface area contributed by atoms with Crippen molar-refractivity contribution in [2.75, 3.05) is 26.3 Å². The van der Waals surface area contributed by atoms with Crippen LogP contribution in [0, 0.1) is 20.8 Å². The molecule has 1 aromatic carbocycles. The van der Waals surface area contributed by atoms with E-state index in [-0.39, 0.29) is 6.10 Å². The first-order chi connectivity index (χ1) is 8.66. The highest BCUT2D eigenvalue weighted by atomic mass is 16.5. The van der Waals surface area contributed by atoms with Crippen molar-refractivity contribution in [3.8, 4) is 0 Å². The predicted octanol–water partition coefficient (Wildman–Crippen LogP) is 2.12. The average Bonchev–Trinajstić information content (AvgIpc) is 2.34. The molecule has 1 N–H and O–H groups in total. The Morgan fingerprint density at radius 1 is 1.28 bits per heavy atom. The highest BCUT2D eigenvalue weighted by Gasteiger charge is 2.13. The Balaban J connectivity index is 1.86. The maximum Gasteiger partial charge on any atom is 0.0933 e. The third kappa shape index (κ3) is 3.55. The molecule has 0 radical (unpaired) electrons. The molecule has 1 aliphatic heterocycles. The first-order valence-electron chi connectivity index (χ1n) is 6.63. The Morgan fingerprint density at radius 2 is 2.00 bits per heavy atom. The van der Waals surface area contributed by atoms with Crippen molar-refractivity contribution in [3.05, 3.63) is 34.4 Å². The zero-order chi connectivity index (χ0) is 13.0. The molecular formula is C15H23NO2. The minimum absolute atomic E-state index is 0.199. The second-order valence-corrected chi connectivity index (χ2v) is 5.09. The molecule has 100 valence electrons. The number of benzene rings is 1. The summed E-state index contributed by atoms with van der Waals surface area (Å²) in [5, 5.41) is 3.31. The van der Waals surface area contributed by atoms with E-state index in [0.717, 1.165) is 19.7 Å². The second-order valence-electron chi connectivity index (χ2n) is 5.09. The lowest BCUT2D eigenvalue weighted by Gasteiger charge is -2.23. The molecule has 3 heteroatoms. The summed E-state index contributed by atoms with van der Waals surface area (Å²) in [5.74, 6) is 0. The molecule has 0 spiro atoms. The van der Waals surface area contributed by atoms with Gasteiger partial charge in [0.1, 0.15) is 0 Å². The molecule has 0 amide bonds. The summed E-state index contributed by atoms with van der Waals surface area (Å²) in [6.45, 7) is 10.4. The van der Waals surface area contributed by atoms with Gasteiger partial charge in [-0.1, -0.05) is 17.7 Å². The molecule has 1 heterocycles. The summed E-state index contributed by atoms with van der Waals surface area (Å²) in [5.41, 5.74) is 5.25. The fourth-order valence-corrected chi connectivity index (χ4v) is 2.46. The van der Waals surface area contributed by atoms with Crippen molar-refractivity contribution in [3.63, 3.8) is 0 Å². The van der Waals surface area contributed by atoms with Crippen molar-refractivity contribution in [1.29, 1.82) is 0 Å². The molecule has 1 atom stereocenters. The van der Waals surface area contributed by atoms with E-state index in [4.69, 9.17) is 9.47 Å². The number of ether oxygens (including phenoxy) is 2. The van der Waals surface area contributed by atoms with E-state index in [9.17, 15) is 0 Å². The fraction of sp³-hybridized carbons (Fsp3) is 0.600. The molecule has 3 nitrogen and oxygen atoms in total. The van der Waals surface area contributed by atoms with Crippen molar-refractivity contribution in [1.82, 2.24) is 5.32 Å². The van der Waals surface area contributed by atoms with Gasteiger partial charge in [0, 0.05) is 13.1 Å². The summed E-state index contributed by atoms with van der Waals surface area (Å²) >= 11 is 0. The summed E-state index contributed by atoms with van der Waals surface area (Å²) in [6, 6.07) is 4.43. The van der Waals surface area contributed by atoms with Gasteiger partial charge in [0.15, 0.2) is 0 Å². The van der Waals surface area contributed by atoms with Crippen LogP contribution in [0.2, 0.25) is 0 Å². The lowest BCUT2D eigenvalue weighted by Crippen LogP contribution is -2.40. The molecule has 1 aromatic rings. The molecule has 1 saturated heterocycles. The first kappa shape index (κ1) is 13.5. The Hall–Kier alpha value is -0.900. The van der Waals surface area contributed by atoms with Gasteiger partial charge < -0.3 is 14.8 Å². The Bertz CT molecular complexity index is 374. The lowest BCUT2D eigenvalue weighted by atomic mass is 10.0. The van der Waals surface area contributed by atoms with Crippen molar-refractivity contribution < 1.29 is 9.47 Å². The minimum atomic E-state index is 0.199. The monoisotopic (exact) mass is 249 g/mol. The molecule has 0 aliphatic carbocycles. The van der Waals surface area contributed by atoms with Crippen LogP contribution in [0.5, 0.6) is 0 Å². The normalized spacial score (nSPS) is 20.1. The van der Waals surface area contributed by atoms with E-state index >= 15 is 0 Å². The quantitative estimate of drug-likeness (QED) is 0.886. The second kappa shape index (κ2) is 6.32. The standard InChI is InChI=1S/C15H23NO2/c1-11-6-12(2)15(13(3)7-11)10-17-9-14-8-16-4-5-18-14/h6-7,14,16H,4-5,8-10H2,1-3H3. The predicted molar refractivity (Wildman–Crippen MR) is 72.9 cm³/mol. The Labute approximate surface area is 109 Å². The summed E-state index contributed by atoms with van der Waals surface area (Å²) in [6.07, 6.45) is 0.199. The molecule has 1 unspecified atom stereocenters. The van der Waals surface area contributed by atoms with Crippen LogP contribution >= 0.6 is 0 Å². The van der Waals surface area contributed by atoms with Crippen LogP contribution in [-0.4, -0.2) is 32.4 Å². The third-order valence-electron chi connectivity index (χ3n) is 3.39. The van der Waals surface area contributed by atoms with Crippen LogP contribution in [0.4, 0.5) is 0 Å². The number of hydrogen-bond donors (Lipinski definition) is 1. The van der Waals surface area contributed by atoms with Gasteiger partial charge in [-0.05, 0) is 37.5 Å². The van der Waals surface area contributed by atoms with Crippen LogP contribution in [-0.2, 0) is 16.1 Å². The Kier molecular flexibility index (Phi) is 4.75. The topological polar surface area (TPSA) is 30.5 Å². The van der Waals surface area contributed by atoms with E-state index in [2.05, 4.69) is 38.2 Å². The maximum atomic E-state index is 5.80. The summed E-state index contributed by atoms with van der Waals surface area (Å²) < 4.78 is 11.4. The van der Waals surface area contributed by atoms with Crippen LogP contribution < -0.4 is 5.32 Å². The van der Waals surface area contributed by atoms with E-state index in [1.165, 1.54) is 22.3 Å². The smallest absolute Gasteiger partial charge is 0.0933 e. The SMILES string of the molecule is Cc1cc(C)c(COCC2CNCCO2)c(C)c1. The van der Waals surface area contributed by atoms with Crippen LogP contribution in [0.15, 0.2) is 12.1 Å². The molecule has 0 bridgehead atoms. The minimum Gasteiger partial charge on any atom is -0.374 e. The van der Waals surface area contributed by atoms with Gasteiger partial charge in [-0.25, -0.2) is 0 Å². The zero-order valence-corrected chi connectivity index (χ0v) is 11.6. The number of rotatable bonds is 4. The molecular weight excluding hydrogens is 226 g/mol. The lowest BCUT2D eigenvalue weighted by molar-refractivity contribution is -0.0359. The molecule has 0 aromatic heterocycles. The van der Waals surface area contributed by atoms with Gasteiger partial charge in [-0.15, -0.1) is 0 Å². The van der Waals surface area contributed by atoms with Crippen molar-refractivity contribution in [2.45, 2.75) is 33.5 Å². The molecule has 1 aliphatic rings. The molecule has 0 saturated carbocycles. The summed E-state index contributed by atoms with van der Waals surface area (Å²) in [7, 11) is 0. The third-order valence-corrected chi connectivity index (χ3v) is 3.39. The van der Waals surface area contributed by atoms with Gasteiger partial charge in [0.25, 0.3) is 0 Å². The largest absolute Gasteiger partial charge is 0.374 e. The molecule has 18 heavy (non-hydrogen) atoms. The van der Waals surface area contributed by atoms with E-state index in [0.29, 0.717) is 13.2 Å². The molecule has 1 fully saturated rings. The fourth-order valence-electron chi connectivity index (χ4n) is 2.46. The van der Waals surface area contributed by atoms with Gasteiger partial charge in [0.05, 0.1) is 25.9 Å². The first-order valence-corrected chi connectivity index (χ1v) is 6.63. The van der Waals surface area contributed by atoms with Gasteiger partial charge in [0.2, 0.25) is 0 Å². The van der Waals surface area contributed by atoms with Gasteiger partial charge >= 0.3 is 0 Å². The van der Waals surface area contributed by atoms with Crippen LogP contribution in [0.3, 0.4) is 0 Å². The highest BCUT2D eigenvalue weighted by molar-refractivity contribution is 5.36. The van der Waals surface area contributed by atoms with Crippen LogP contribution in [0.1, 0.15) is 22.3 Å². The highest BCUT2D eigenvalue weighted by Crippen LogP contribution is 2.17. The van der Waals surface area contributed by atoms with Gasteiger partial charge in [-0.2, -0.15) is 0 Å². The number of aryl methyl sites for hydroxylation is 3. The Morgan fingerprint density at radius 3 is 2.61 bits per heavy atom. The van der Waals surface area contributed by atoms with Crippen molar-refractivity contribution in [2.24, 2.45) is 0 Å². The number of nitrogens with one attached hydrogen (secondary N) is 1. The van der Waals surface area contributed by atoms with Gasteiger partial charge in [-0.3, -0.25) is 0 Å². The average molecular weight is 249 g/mol. The van der Waals surface area contributed by atoms with E-state index in [1.54, 1.807) is 0 Å². The number of morpholine rings is 1. The van der Waals surface area contributed by atoms with Crippen molar-refractivity contribution >= 4 is 0 Å². The van der Waals surface area contributed by atoms with E-state index < -0.39 is 0 Å².